The van der Waals surface area contributed by atoms with Crippen LogP contribution in [0.25, 0.3) is 38.8 Å². The van der Waals surface area contributed by atoms with Crippen LogP contribution in [0.3, 0.4) is 0 Å². The molecule has 9 nitrogen and oxygen atoms in total. The van der Waals surface area contributed by atoms with Crippen LogP contribution in [-0.2, 0) is 20.7 Å². The average molecular weight is 414 g/mol. The minimum absolute atomic E-state index is 0.162. The first-order valence-electron chi connectivity index (χ1n) is 9.75. The zero-order valence-corrected chi connectivity index (χ0v) is 17.2. The van der Waals surface area contributed by atoms with Gasteiger partial charge in [0.05, 0.1) is 52.7 Å². The molecule has 0 amide bonds. The van der Waals surface area contributed by atoms with Gasteiger partial charge < -0.3 is 9.47 Å². The van der Waals surface area contributed by atoms with Crippen molar-refractivity contribution in [2.45, 2.75) is 6.61 Å². The fourth-order valence-corrected chi connectivity index (χ4v) is 4.33. The third-order valence-electron chi connectivity index (χ3n) is 5.77. The monoisotopic (exact) mass is 414 g/mol. The topological polar surface area (TPSA) is 89.0 Å². The number of rotatable bonds is 2. The molecule has 0 N–H and O–H groups in total. The Hall–Kier alpha value is -4.14. The molecule has 0 aliphatic carbocycles. The second kappa shape index (κ2) is 6.18. The molecule has 0 fully saturated rings. The maximum Gasteiger partial charge on any atom is 0.333 e. The highest BCUT2D eigenvalue weighted by atomic mass is 16.5. The molecule has 6 rings (SSSR count). The van der Waals surface area contributed by atoms with Crippen LogP contribution in [0, 0.1) is 0 Å². The molecule has 0 bridgehead atoms. The van der Waals surface area contributed by atoms with E-state index < -0.39 is 0 Å². The van der Waals surface area contributed by atoms with E-state index >= 15 is 0 Å². The lowest BCUT2D eigenvalue weighted by molar-refractivity contribution is 0.303. The van der Waals surface area contributed by atoms with Crippen LogP contribution in [0.1, 0.15) is 5.69 Å². The van der Waals surface area contributed by atoms with Crippen LogP contribution in [0.5, 0.6) is 11.5 Å². The van der Waals surface area contributed by atoms with Crippen LogP contribution in [0.4, 0.5) is 0 Å². The Bertz CT molecular complexity index is 1580. The Morgan fingerprint density at radius 3 is 2.84 bits per heavy atom. The Labute approximate surface area is 176 Å². The van der Waals surface area contributed by atoms with E-state index in [0.717, 1.165) is 22.0 Å². The van der Waals surface area contributed by atoms with Crippen LogP contribution >= 0.6 is 0 Å². The van der Waals surface area contributed by atoms with Crippen molar-refractivity contribution in [1.82, 2.24) is 28.9 Å². The standard InChI is InChI=1S/C22H18N6O3/c1-26-10-12(8-25-26)18-17(30-3)7-13-19-20-16(9-24-13)27(2)22(29)28(20)15-5-4-6-23-14(15)11-31-21(18)19/h4-10H,11H2,1-3H3. The highest BCUT2D eigenvalue weighted by molar-refractivity contribution is 6.10. The molecule has 9 heteroatoms. The lowest BCUT2D eigenvalue weighted by Crippen LogP contribution is -2.23. The van der Waals surface area contributed by atoms with Crippen LogP contribution < -0.4 is 15.2 Å². The minimum atomic E-state index is -0.162. The summed E-state index contributed by atoms with van der Waals surface area (Å²) in [7, 11) is 5.22. The summed E-state index contributed by atoms with van der Waals surface area (Å²) in [6.07, 6.45) is 7.08. The van der Waals surface area contributed by atoms with Crippen molar-refractivity contribution in [3.05, 3.63) is 59.2 Å². The van der Waals surface area contributed by atoms with Gasteiger partial charge >= 0.3 is 5.69 Å². The Morgan fingerprint density at radius 1 is 1.19 bits per heavy atom. The molecule has 1 aliphatic heterocycles. The number of hydrogen-bond acceptors (Lipinski definition) is 6. The van der Waals surface area contributed by atoms with E-state index in [1.807, 2.05) is 31.4 Å². The zero-order valence-electron chi connectivity index (χ0n) is 17.2. The number of pyridine rings is 2. The molecule has 1 aromatic carbocycles. The summed E-state index contributed by atoms with van der Waals surface area (Å²) >= 11 is 0. The molecule has 154 valence electrons. The quantitative estimate of drug-likeness (QED) is 0.441. The third-order valence-corrected chi connectivity index (χ3v) is 5.77. The lowest BCUT2D eigenvalue weighted by atomic mass is 10.0. The third kappa shape index (κ3) is 2.31. The van der Waals surface area contributed by atoms with Crippen molar-refractivity contribution in [1.29, 1.82) is 0 Å². The highest BCUT2D eigenvalue weighted by Crippen LogP contribution is 2.46. The van der Waals surface area contributed by atoms with Crippen molar-refractivity contribution in [2.75, 3.05) is 7.11 Å². The molecular formula is C22H18N6O3. The summed E-state index contributed by atoms with van der Waals surface area (Å²) in [5.41, 5.74) is 4.95. The van der Waals surface area contributed by atoms with Crippen molar-refractivity contribution >= 4 is 21.9 Å². The lowest BCUT2D eigenvalue weighted by Gasteiger charge is -2.21. The maximum atomic E-state index is 13.3. The SMILES string of the molecule is COc1cc2ncc3c4c2c(c1-c1cnn(C)c1)OCc1ncccc1-n4c(=O)n3C. The average Bonchev–Trinajstić information content (AvgIpc) is 3.31. The Kier molecular flexibility index (Phi) is 3.53. The number of hydrogen-bond donors (Lipinski definition) is 0. The predicted octanol–water partition coefficient (Wildman–Crippen LogP) is 2.57. The van der Waals surface area contributed by atoms with Gasteiger partial charge in [0.1, 0.15) is 23.8 Å². The molecule has 0 spiro atoms. The van der Waals surface area contributed by atoms with Crippen molar-refractivity contribution in [2.24, 2.45) is 14.1 Å². The molecule has 5 aromatic rings. The summed E-state index contributed by atoms with van der Waals surface area (Å²) in [4.78, 5) is 22.4. The largest absolute Gasteiger partial charge is 0.496 e. The predicted molar refractivity (Wildman–Crippen MR) is 115 cm³/mol. The smallest absolute Gasteiger partial charge is 0.333 e. The number of aryl methyl sites for hydroxylation is 2. The van der Waals surface area contributed by atoms with Gasteiger partial charge in [0.2, 0.25) is 0 Å². The van der Waals surface area contributed by atoms with Gasteiger partial charge in [0.15, 0.2) is 0 Å². The van der Waals surface area contributed by atoms with Crippen LogP contribution in [-0.4, -0.2) is 36.0 Å². The molecule has 0 saturated carbocycles. The first kappa shape index (κ1) is 17.7. The summed E-state index contributed by atoms with van der Waals surface area (Å²) in [6, 6.07) is 5.58. The number of nitrogens with zero attached hydrogens (tertiary/aromatic N) is 6. The fourth-order valence-electron chi connectivity index (χ4n) is 4.33. The first-order chi connectivity index (χ1) is 15.1. The van der Waals surface area contributed by atoms with Crippen molar-refractivity contribution in [3.8, 4) is 28.3 Å². The second-order valence-electron chi connectivity index (χ2n) is 7.51. The highest BCUT2D eigenvalue weighted by Gasteiger charge is 2.27. The summed E-state index contributed by atoms with van der Waals surface area (Å²) in [6.45, 7) is 0.197. The molecule has 31 heavy (non-hydrogen) atoms. The maximum absolute atomic E-state index is 13.3. The van der Waals surface area contributed by atoms with Gasteiger partial charge in [-0.1, -0.05) is 0 Å². The molecule has 0 unspecified atom stereocenters. The summed E-state index contributed by atoms with van der Waals surface area (Å²) in [5.74, 6) is 1.21. The van der Waals surface area contributed by atoms with Gasteiger partial charge in [0.25, 0.3) is 0 Å². The molecule has 4 aromatic heterocycles. The van der Waals surface area contributed by atoms with E-state index in [0.29, 0.717) is 33.9 Å². The van der Waals surface area contributed by atoms with Crippen LogP contribution in [0.2, 0.25) is 0 Å². The summed E-state index contributed by atoms with van der Waals surface area (Å²) in [5, 5.41) is 5.07. The molecule has 1 aliphatic rings. The number of aromatic nitrogens is 6. The van der Waals surface area contributed by atoms with E-state index in [1.54, 1.807) is 46.6 Å². The van der Waals surface area contributed by atoms with Gasteiger partial charge in [-0.25, -0.2) is 4.79 Å². The molecular weight excluding hydrogens is 396 g/mol. The first-order valence-corrected chi connectivity index (χ1v) is 9.75. The van der Waals surface area contributed by atoms with E-state index in [9.17, 15) is 4.79 Å². The van der Waals surface area contributed by atoms with E-state index in [4.69, 9.17) is 9.47 Å². The van der Waals surface area contributed by atoms with Gasteiger partial charge in [0, 0.05) is 38.1 Å². The molecule has 0 atom stereocenters. The van der Waals surface area contributed by atoms with Crippen LogP contribution in [0.15, 0.2) is 47.8 Å². The number of benzene rings is 1. The number of ether oxygens (including phenoxy) is 2. The number of imidazole rings is 1. The fraction of sp³-hybridized carbons (Fsp3) is 0.182. The van der Waals surface area contributed by atoms with E-state index in [2.05, 4.69) is 15.1 Å². The van der Waals surface area contributed by atoms with Gasteiger partial charge in [-0.05, 0) is 12.1 Å². The Balaban J connectivity index is 1.88. The van der Waals surface area contributed by atoms with Gasteiger partial charge in [-0.15, -0.1) is 0 Å². The summed E-state index contributed by atoms with van der Waals surface area (Å²) < 4.78 is 17.1. The van der Waals surface area contributed by atoms with E-state index in [1.165, 1.54) is 0 Å². The number of fused-ring (bicyclic) bond motifs is 2. The molecule has 0 radical (unpaired) electrons. The second-order valence-corrected chi connectivity index (χ2v) is 7.51. The Morgan fingerprint density at radius 2 is 2.06 bits per heavy atom. The number of methoxy groups -OCH3 is 1. The van der Waals surface area contributed by atoms with Gasteiger partial charge in [-0.3, -0.25) is 23.8 Å². The van der Waals surface area contributed by atoms with Crippen molar-refractivity contribution in [3.63, 3.8) is 0 Å². The van der Waals surface area contributed by atoms with E-state index in [-0.39, 0.29) is 12.3 Å². The minimum Gasteiger partial charge on any atom is -0.496 e. The normalized spacial score (nSPS) is 12.6. The van der Waals surface area contributed by atoms with Gasteiger partial charge in [-0.2, -0.15) is 5.10 Å². The molecule has 0 saturated heterocycles. The molecule has 5 heterocycles. The van der Waals surface area contributed by atoms with Crippen molar-refractivity contribution < 1.29 is 9.47 Å². The zero-order chi connectivity index (χ0) is 21.3.